The summed E-state index contributed by atoms with van der Waals surface area (Å²) in [6.45, 7) is 3.48. The predicted molar refractivity (Wildman–Crippen MR) is 104 cm³/mol. The molecule has 0 bridgehead atoms. The first-order valence-electron chi connectivity index (χ1n) is 7.87. The molecule has 0 atom stereocenters. The van der Waals surface area contributed by atoms with E-state index in [-0.39, 0.29) is 0 Å². The predicted octanol–water partition coefficient (Wildman–Crippen LogP) is 3.87. The van der Waals surface area contributed by atoms with Crippen molar-refractivity contribution in [3.8, 4) is 5.75 Å². The lowest BCUT2D eigenvalue weighted by molar-refractivity contribution is 0.390. The van der Waals surface area contributed by atoms with Crippen LogP contribution in [0.25, 0.3) is 0 Å². The zero-order chi connectivity index (χ0) is 16.9. The van der Waals surface area contributed by atoms with E-state index in [2.05, 4.69) is 21.2 Å². The number of benzene rings is 2. The molecule has 0 aromatic heterocycles. The van der Waals surface area contributed by atoms with Crippen molar-refractivity contribution >= 4 is 40.3 Å². The van der Waals surface area contributed by atoms with Crippen LogP contribution in [0, 0.1) is 0 Å². The largest absolute Gasteiger partial charge is 0.495 e. The van der Waals surface area contributed by atoms with Crippen molar-refractivity contribution in [2.75, 3.05) is 43.5 Å². The highest BCUT2D eigenvalue weighted by Gasteiger charge is 2.20. The lowest BCUT2D eigenvalue weighted by Crippen LogP contribution is -2.50. The normalized spacial score (nSPS) is 14.4. The lowest BCUT2D eigenvalue weighted by Gasteiger charge is -2.37. The molecule has 0 unspecified atom stereocenters. The van der Waals surface area contributed by atoms with Gasteiger partial charge in [0.1, 0.15) is 5.75 Å². The van der Waals surface area contributed by atoms with Crippen LogP contribution in [0.15, 0.2) is 48.5 Å². The average molecular weight is 362 g/mol. The Kier molecular flexibility index (Phi) is 5.43. The van der Waals surface area contributed by atoms with Gasteiger partial charge in [-0.25, -0.2) is 0 Å². The molecular formula is C18H20ClN3OS. The zero-order valence-corrected chi connectivity index (χ0v) is 15.1. The molecule has 0 aliphatic carbocycles. The number of para-hydroxylation sites is 3. The van der Waals surface area contributed by atoms with Crippen LogP contribution in [-0.4, -0.2) is 43.3 Å². The van der Waals surface area contributed by atoms with Gasteiger partial charge in [-0.1, -0.05) is 35.9 Å². The third-order valence-electron chi connectivity index (χ3n) is 4.11. The Labute approximate surface area is 153 Å². The average Bonchev–Trinajstić information content (AvgIpc) is 2.63. The molecular weight excluding hydrogens is 342 g/mol. The van der Waals surface area contributed by atoms with Gasteiger partial charge in [0, 0.05) is 26.2 Å². The summed E-state index contributed by atoms with van der Waals surface area (Å²) in [5, 5.41) is 4.80. The van der Waals surface area contributed by atoms with Crippen LogP contribution in [0.1, 0.15) is 0 Å². The number of piperazine rings is 1. The smallest absolute Gasteiger partial charge is 0.173 e. The Balaban J connectivity index is 1.60. The molecule has 2 aromatic carbocycles. The highest BCUT2D eigenvalue weighted by Crippen LogP contribution is 2.27. The van der Waals surface area contributed by atoms with Gasteiger partial charge >= 0.3 is 0 Å². The molecule has 0 radical (unpaired) electrons. The first-order valence-corrected chi connectivity index (χ1v) is 8.66. The fourth-order valence-electron chi connectivity index (χ4n) is 2.80. The van der Waals surface area contributed by atoms with E-state index in [1.54, 1.807) is 7.11 Å². The first-order chi connectivity index (χ1) is 11.7. The second kappa shape index (κ2) is 7.73. The summed E-state index contributed by atoms with van der Waals surface area (Å²) in [6, 6.07) is 15.7. The number of ether oxygens (including phenoxy) is 1. The van der Waals surface area contributed by atoms with E-state index >= 15 is 0 Å². The topological polar surface area (TPSA) is 27.7 Å². The molecule has 1 heterocycles. The molecule has 1 fully saturated rings. The third-order valence-corrected chi connectivity index (χ3v) is 4.79. The summed E-state index contributed by atoms with van der Waals surface area (Å²) in [7, 11) is 1.66. The Morgan fingerprint density at radius 2 is 1.71 bits per heavy atom. The van der Waals surface area contributed by atoms with Crippen molar-refractivity contribution in [1.82, 2.24) is 4.90 Å². The number of nitrogens with one attached hydrogen (secondary N) is 1. The van der Waals surface area contributed by atoms with Gasteiger partial charge in [0.25, 0.3) is 0 Å². The quantitative estimate of drug-likeness (QED) is 0.838. The molecule has 126 valence electrons. The van der Waals surface area contributed by atoms with Gasteiger partial charge in [0.2, 0.25) is 0 Å². The molecule has 0 saturated carbocycles. The van der Waals surface area contributed by atoms with Crippen molar-refractivity contribution in [2.24, 2.45) is 0 Å². The van der Waals surface area contributed by atoms with Gasteiger partial charge in [0.05, 0.1) is 23.5 Å². The van der Waals surface area contributed by atoms with E-state index < -0.39 is 0 Å². The molecule has 6 heteroatoms. The van der Waals surface area contributed by atoms with Crippen molar-refractivity contribution in [1.29, 1.82) is 0 Å². The number of nitrogens with zero attached hydrogens (tertiary/aromatic N) is 2. The third kappa shape index (κ3) is 3.74. The van der Waals surface area contributed by atoms with Crippen LogP contribution in [0.4, 0.5) is 11.4 Å². The summed E-state index contributed by atoms with van der Waals surface area (Å²) in [6.07, 6.45) is 0. The van der Waals surface area contributed by atoms with Crippen LogP contribution in [0.2, 0.25) is 5.02 Å². The molecule has 0 spiro atoms. The summed E-state index contributed by atoms with van der Waals surface area (Å²) < 4.78 is 5.36. The van der Waals surface area contributed by atoms with Crippen molar-refractivity contribution in [3.05, 3.63) is 53.6 Å². The van der Waals surface area contributed by atoms with Gasteiger partial charge in [-0.15, -0.1) is 0 Å². The van der Waals surface area contributed by atoms with Crippen LogP contribution in [0.3, 0.4) is 0 Å². The van der Waals surface area contributed by atoms with Crippen molar-refractivity contribution < 1.29 is 4.74 Å². The van der Waals surface area contributed by atoms with Crippen LogP contribution >= 0.6 is 23.8 Å². The summed E-state index contributed by atoms with van der Waals surface area (Å²) in [5.74, 6) is 0.787. The van der Waals surface area contributed by atoms with Gasteiger partial charge < -0.3 is 19.9 Å². The molecule has 24 heavy (non-hydrogen) atoms. The molecule has 3 rings (SSSR count). The molecule has 1 aliphatic rings. The van der Waals surface area contributed by atoms with Gasteiger partial charge in [0.15, 0.2) is 5.11 Å². The number of halogens is 1. The lowest BCUT2D eigenvalue weighted by atomic mass is 10.2. The molecule has 0 amide bonds. The molecule has 2 aromatic rings. The fraction of sp³-hybridized carbons (Fsp3) is 0.278. The first kappa shape index (κ1) is 16.9. The van der Waals surface area contributed by atoms with E-state index in [4.69, 9.17) is 28.6 Å². The second-order valence-electron chi connectivity index (χ2n) is 5.56. The minimum Gasteiger partial charge on any atom is -0.495 e. The number of hydrogen-bond donors (Lipinski definition) is 1. The van der Waals surface area contributed by atoms with Gasteiger partial charge in [-0.3, -0.25) is 0 Å². The SMILES string of the molecule is COc1ccccc1NC(=S)N1CCN(c2ccccc2Cl)CC1. The molecule has 4 nitrogen and oxygen atoms in total. The minimum atomic E-state index is 0.721. The van der Waals surface area contributed by atoms with E-state index in [0.717, 1.165) is 53.4 Å². The molecule has 1 aliphatic heterocycles. The Hall–Kier alpha value is -1.98. The van der Waals surface area contributed by atoms with Crippen LogP contribution in [-0.2, 0) is 0 Å². The van der Waals surface area contributed by atoms with Gasteiger partial charge in [-0.05, 0) is 36.5 Å². The van der Waals surface area contributed by atoms with Crippen LogP contribution in [0.5, 0.6) is 5.75 Å². The monoisotopic (exact) mass is 361 g/mol. The number of thiocarbonyl (C=S) groups is 1. The molecule has 1 N–H and O–H groups in total. The highest BCUT2D eigenvalue weighted by atomic mass is 35.5. The van der Waals surface area contributed by atoms with E-state index in [1.165, 1.54) is 0 Å². The maximum Gasteiger partial charge on any atom is 0.173 e. The minimum absolute atomic E-state index is 0.721. The number of rotatable bonds is 3. The number of methoxy groups -OCH3 is 1. The second-order valence-corrected chi connectivity index (χ2v) is 6.35. The highest BCUT2D eigenvalue weighted by molar-refractivity contribution is 7.80. The number of hydrogen-bond acceptors (Lipinski definition) is 3. The van der Waals surface area contributed by atoms with Gasteiger partial charge in [-0.2, -0.15) is 0 Å². The van der Waals surface area contributed by atoms with E-state index in [9.17, 15) is 0 Å². The summed E-state index contributed by atoms with van der Waals surface area (Å²) in [4.78, 5) is 4.47. The van der Waals surface area contributed by atoms with Crippen molar-refractivity contribution in [2.45, 2.75) is 0 Å². The Bertz CT molecular complexity index is 717. The maximum absolute atomic E-state index is 6.29. The number of anilines is 2. The Morgan fingerprint density at radius 3 is 2.42 bits per heavy atom. The van der Waals surface area contributed by atoms with E-state index in [0.29, 0.717) is 0 Å². The summed E-state index contributed by atoms with van der Waals surface area (Å²) in [5.41, 5.74) is 1.97. The zero-order valence-electron chi connectivity index (χ0n) is 13.5. The molecule has 1 saturated heterocycles. The Morgan fingerprint density at radius 1 is 1.04 bits per heavy atom. The summed E-state index contributed by atoms with van der Waals surface area (Å²) >= 11 is 11.8. The standard InChI is InChI=1S/C18H20ClN3OS/c1-23-17-9-5-3-7-15(17)20-18(24)22-12-10-21(11-13-22)16-8-4-2-6-14(16)19/h2-9H,10-13H2,1H3,(H,20,24). The maximum atomic E-state index is 6.29. The van der Waals surface area contributed by atoms with Crippen molar-refractivity contribution in [3.63, 3.8) is 0 Å². The van der Waals surface area contributed by atoms with Crippen LogP contribution < -0.4 is 15.0 Å². The van der Waals surface area contributed by atoms with E-state index in [1.807, 2.05) is 42.5 Å². The fourth-order valence-corrected chi connectivity index (χ4v) is 3.35.